The molecule has 4 rings (SSSR count). The Morgan fingerprint density at radius 2 is 0.667 bits per heavy atom. The van der Waals surface area contributed by atoms with Gasteiger partial charge in [0.25, 0.3) is 0 Å². The minimum atomic E-state index is -1.88. The van der Waals surface area contributed by atoms with Gasteiger partial charge in [-0.3, -0.25) is 0 Å². The van der Waals surface area contributed by atoms with Crippen molar-refractivity contribution in [3.05, 3.63) is 94.6 Å². The first-order valence-corrected chi connectivity index (χ1v) is 17.4. The molecule has 0 bridgehead atoms. The van der Waals surface area contributed by atoms with E-state index in [0.29, 0.717) is 0 Å². The maximum Gasteiger partial charge on any atom is 0.347 e. The Morgan fingerprint density at radius 3 is 0.926 bits per heavy atom. The average Bonchev–Trinajstić information content (AvgIpc) is 3.18. The highest BCUT2D eigenvalue weighted by Gasteiger charge is 2.42. The number of ether oxygens (including phenoxy) is 8. The number of rotatable bonds is 14. The maximum absolute atomic E-state index is 5.81. The molecule has 0 spiro atoms. The molecule has 0 atom stereocenters. The highest BCUT2D eigenvalue weighted by Crippen LogP contribution is 2.40. The van der Waals surface area contributed by atoms with Gasteiger partial charge in [0.1, 0.15) is 11.5 Å². The number of nitrogens with zero attached hydrogens (tertiary/aromatic N) is 6. The quantitative estimate of drug-likeness (QED) is 0.0894. The molecular formula is C34H36Cl6N6O8. The second kappa shape index (κ2) is 20.3. The minimum Gasteiger partial charge on any atom is -0.497 e. The Bertz CT molecular complexity index is 1760. The Morgan fingerprint density at radius 1 is 0.389 bits per heavy atom. The normalized spacial score (nSPS) is 12.6. The molecule has 292 valence electrons. The van der Waals surface area contributed by atoms with Crippen molar-refractivity contribution in [2.75, 3.05) is 56.9 Å². The van der Waals surface area contributed by atoms with Crippen LogP contribution in [-0.2, 0) is 48.0 Å². The predicted octanol–water partition coefficient (Wildman–Crippen LogP) is 7.85. The van der Waals surface area contributed by atoms with E-state index in [9.17, 15) is 0 Å². The molecule has 0 saturated carbocycles. The molecule has 0 aliphatic heterocycles. The topological polar surface area (TPSA) is 151 Å². The highest BCUT2D eigenvalue weighted by molar-refractivity contribution is 6.67. The lowest BCUT2D eigenvalue weighted by atomic mass is 10.2. The maximum atomic E-state index is 5.81. The SMILES string of the molecule is COc1ccc(C=Cc2nc(C(Cl)(Cl)Cl)nc(C(Cl)(Cl)Cl)n2)cc1.COc1ccc(C=Cc2nc(C(OC)(OC)OC)nc(C(OC)(OC)OC)n2)cc1. The zero-order chi connectivity index (χ0) is 40.2. The smallest absolute Gasteiger partial charge is 0.347 e. The van der Waals surface area contributed by atoms with Crippen LogP contribution in [0.5, 0.6) is 11.5 Å². The average molecular weight is 869 g/mol. The molecular weight excluding hydrogens is 833 g/mol. The Balaban J connectivity index is 0.000000297. The molecule has 54 heavy (non-hydrogen) atoms. The molecule has 2 heterocycles. The first kappa shape index (κ1) is 45.4. The van der Waals surface area contributed by atoms with Crippen molar-refractivity contribution in [2.45, 2.75) is 19.5 Å². The van der Waals surface area contributed by atoms with Gasteiger partial charge >= 0.3 is 11.9 Å². The summed E-state index contributed by atoms with van der Waals surface area (Å²) in [6, 6.07) is 14.8. The summed E-state index contributed by atoms with van der Waals surface area (Å²) in [6.07, 6.45) is 6.85. The van der Waals surface area contributed by atoms with E-state index >= 15 is 0 Å². The third-order valence-corrected chi connectivity index (χ3v) is 8.07. The molecule has 14 nitrogen and oxygen atoms in total. The molecule has 2 aromatic heterocycles. The second-order valence-corrected chi connectivity index (χ2v) is 14.8. The fraction of sp³-hybridized carbons (Fsp3) is 0.353. The molecule has 4 aromatic rings. The van der Waals surface area contributed by atoms with Crippen molar-refractivity contribution in [1.82, 2.24) is 29.9 Å². The van der Waals surface area contributed by atoms with Crippen LogP contribution < -0.4 is 9.47 Å². The van der Waals surface area contributed by atoms with Gasteiger partial charge in [-0.2, -0.15) is 0 Å². The van der Waals surface area contributed by atoms with Crippen molar-refractivity contribution in [3.8, 4) is 11.5 Å². The first-order valence-electron chi connectivity index (χ1n) is 15.2. The van der Waals surface area contributed by atoms with E-state index in [0.717, 1.165) is 22.6 Å². The number of hydrogen-bond acceptors (Lipinski definition) is 14. The van der Waals surface area contributed by atoms with Gasteiger partial charge in [0, 0.05) is 42.7 Å². The van der Waals surface area contributed by atoms with E-state index in [4.69, 9.17) is 108 Å². The van der Waals surface area contributed by atoms with E-state index < -0.39 is 19.5 Å². The van der Waals surface area contributed by atoms with E-state index in [1.54, 1.807) is 32.4 Å². The first-order chi connectivity index (χ1) is 25.5. The molecule has 0 unspecified atom stereocenters. The molecule has 2 aromatic carbocycles. The third kappa shape index (κ3) is 12.0. The Kier molecular flexibility index (Phi) is 17.1. The number of benzene rings is 2. The standard InChI is InChI=1S/C20H27N3O7.C14H9Cl6N3O/c1-24-15-11-8-14(9-12-15)10-13-16-21-17(19(25-2,26-3)27-4)23-18(22-16)20(28-5,29-6)30-7;1-24-9-5-2-8(3-6-9)4-7-10-21-11(13(15,16)17)23-12(22-10)14(18,19)20/h8-13H,1-7H3;2-7H,1H3. The summed E-state index contributed by atoms with van der Waals surface area (Å²) in [5.74, 6) is -1.56. The summed E-state index contributed by atoms with van der Waals surface area (Å²) >= 11 is 34.9. The zero-order valence-electron chi connectivity index (χ0n) is 30.1. The zero-order valence-corrected chi connectivity index (χ0v) is 34.7. The summed E-state index contributed by atoms with van der Waals surface area (Å²) in [7, 11) is 11.6. The fourth-order valence-electron chi connectivity index (χ4n) is 4.28. The Labute approximate surface area is 342 Å². The number of aromatic nitrogens is 6. The van der Waals surface area contributed by atoms with Gasteiger partial charge in [-0.25, -0.2) is 29.9 Å². The van der Waals surface area contributed by atoms with Crippen LogP contribution in [-0.4, -0.2) is 86.8 Å². The van der Waals surface area contributed by atoms with Crippen molar-refractivity contribution < 1.29 is 37.9 Å². The fourth-order valence-corrected chi connectivity index (χ4v) is 4.79. The van der Waals surface area contributed by atoms with Crippen LogP contribution >= 0.6 is 69.6 Å². The number of methoxy groups -OCH3 is 8. The van der Waals surface area contributed by atoms with E-state index in [1.807, 2.05) is 54.6 Å². The largest absolute Gasteiger partial charge is 0.497 e. The molecule has 0 aliphatic rings. The van der Waals surface area contributed by atoms with Gasteiger partial charge < -0.3 is 37.9 Å². The van der Waals surface area contributed by atoms with Crippen molar-refractivity contribution >= 4 is 93.9 Å². The summed E-state index contributed by atoms with van der Waals surface area (Å²) in [5, 5.41) is 0. The van der Waals surface area contributed by atoms with Crippen LogP contribution in [0, 0.1) is 0 Å². The molecule has 0 aliphatic carbocycles. The van der Waals surface area contributed by atoms with Crippen LogP contribution in [0.25, 0.3) is 24.3 Å². The summed E-state index contributed by atoms with van der Waals surface area (Å²) < 4.78 is 38.8. The highest BCUT2D eigenvalue weighted by atomic mass is 35.6. The Hall–Kier alpha value is -2.96. The van der Waals surface area contributed by atoms with Gasteiger partial charge in [0.05, 0.1) is 14.2 Å². The predicted molar refractivity (Wildman–Crippen MR) is 207 cm³/mol. The minimum absolute atomic E-state index is 0.0462. The van der Waals surface area contributed by atoms with Crippen LogP contribution in [0.1, 0.15) is 46.1 Å². The molecule has 0 radical (unpaired) electrons. The van der Waals surface area contributed by atoms with Gasteiger partial charge in [-0.1, -0.05) is 106 Å². The lowest BCUT2D eigenvalue weighted by Crippen LogP contribution is -2.40. The van der Waals surface area contributed by atoms with Crippen LogP contribution in [0.2, 0.25) is 0 Å². The molecule has 0 amide bonds. The van der Waals surface area contributed by atoms with Crippen LogP contribution in [0.15, 0.2) is 48.5 Å². The van der Waals surface area contributed by atoms with E-state index in [-0.39, 0.29) is 34.9 Å². The van der Waals surface area contributed by atoms with Crippen molar-refractivity contribution in [2.24, 2.45) is 0 Å². The summed E-state index contributed by atoms with van der Waals surface area (Å²) in [4.78, 5) is 25.2. The number of hydrogen-bond donors (Lipinski definition) is 0. The number of alkyl halides is 6. The van der Waals surface area contributed by atoms with Gasteiger partial charge in [0.2, 0.25) is 19.2 Å². The molecule has 20 heteroatoms. The van der Waals surface area contributed by atoms with Crippen LogP contribution in [0.4, 0.5) is 0 Å². The van der Waals surface area contributed by atoms with Crippen molar-refractivity contribution in [1.29, 1.82) is 0 Å². The number of halogens is 6. The molecule has 0 N–H and O–H groups in total. The molecule has 0 saturated heterocycles. The monoisotopic (exact) mass is 866 g/mol. The summed E-state index contributed by atoms with van der Waals surface area (Å²) in [6.45, 7) is 0. The van der Waals surface area contributed by atoms with Gasteiger partial charge in [-0.15, -0.1) is 0 Å². The summed E-state index contributed by atoms with van der Waals surface area (Å²) in [5.41, 5.74) is 1.79. The van der Waals surface area contributed by atoms with E-state index in [1.165, 1.54) is 42.7 Å². The molecule has 0 fully saturated rings. The van der Waals surface area contributed by atoms with Gasteiger partial charge in [0.15, 0.2) is 23.3 Å². The van der Waals surface area contributed by atoms with Crippen molar-refractivity contribution in [3.63, 3.8) is 0 Å². The van der Waals surface area contributed by atoms with Gasteiger partial charge in [-0.05, 0) is 47.5 Å². The van der Waals surface area contributed by atoms with E-state index in [2.05, 4.69) is 29.9 Å². The van der Waals surface area contributed by atoms with Crippen LogP contribution in [0.3, 0.4) is 0 Å². The second-order valence-electron chi connectivity index (χ2n) is 10.2. The lowest BCUT2D eigenvalue weighted by molar-refractivity contribution is -0.375. The lowest BCUT2D eigenvalue weighted by Gasteiger charge is -2.30. The third-order valence-electron chi connectivity index (χ3n) is 7.05.